The first-order valence-corrected chi connectivity index (χ1v) is 4.22. The zero-order valence-corrected chi connectivity index (χ0v) is 9.14. The van der Waals surface area contributed by atoms with Crippen molar-refractivity contribution in [2.75, 3.05) is 13.6 Å². The smallest absolute Gasteiger partial charge is 0.0106 e. The van der Waals surface area contributed by atoms with Crippen molar-refractivity contribution >= 4 is 0 Å². The first kappa shape index (κ1) is 22.5. The monoisotopic (exact) mass is 174 g/mol. The second-order valence-electron chi connectivity index (χ2n) is 1.39. The fourth-order valence-electron chi connectivity index (χ4n) is 0.236. The van der Waals surface area contributed by atoms with Gasteiger partial charge in [-0.05, 0) is 26.9 Å². The summed E-state index contributed by atoms with van der Waals surface area (Å²) in [6, 6.07) is 0. The highest BCUT2D eigenvalue weighted by molar-refractivity contribution is 4.73. The van der Waals surface area contributed by atoms with Crippen LogP contribution in [0.1, 0.15) is 27.2 Å². The van der Waals surface area contributed by atoms with Crippen LogP contribution in [0.25, 0.3) is 0 Å². The minimum atomic E-state index is 0.750. The lowest BCUT2D eigenvalue weighted by atomic mass is 10.4. The predicted octanol–water partition coefficient (Wildman–Crippen LogP) is 2.31. The third kappa shape index (κ3) is 338. The van der Waals surface area contributed by atoms with E-state index in [1.165, 1.54) is 7.05 Å². The third-order valence-corrected chi connectivity index (χ3v) is 0.471. The standard InChI is InChI=1S/C5H10.C2H7N.C2H4.CH5N/c1-3-5-4-2;1-2-3;2*1-2/h3,5H,4H2,1-2H3;2-3H2,1H3;1-2H2;2H2,1H3/b5-3+;;;. The van der Waals surface area contributed by atoms with Crippen LogP contribution < -0.4 is 11.5 Å². The normalized spacial score (nSPS) is 6.50. The van der Waals surface area contributed by atoms with Crippen LogP contribution in [-0.2, 0) is 0 Å². The summed E-state index contributed by atoms with van der Waals surface area (Å²) in [6.07, 6.45) is 5.34. The van der Waals surface area contributed by atoms with Crippen molar-refractivity contribution in [3.05, 3.63) is 25.3 Å². The topological polar surface area (TPSA) is 52.0 Å². The van der Waals surface area contributed by atoms with Crippen LogP contribution in [0, 0.1) is 0 Å². The largest absolute Gasteiger partial charge is 0.333 e. The van der Waals surface area contributed by atoms with Crippen LogP contribution >= 0.6 is 0 Å². The molecule has 2 nitrogen and oxygen atoms in total. The van der Waals surface area contributed by atoms with E-state index in [-0.39, 0.29) is 0 Å². The van der Waals surface area contributed by atoms with Crippen LogP contribution in [0.4, 0.5) is 0 Å². The highest BCUT2D eigenvalue weighted by Gasteiger charge is 1.52. The Morgan fingerprint density at radius 1 is 1.17 bits per heavy atom. The summed E-state index contributed by atoms with van der Waals surface area (Å²) in [5.74, 6) is 0. The van der Waals surface area contributed by atoms with Crippen molar-refractivity contribution in [1.29, 1.82) is 0 Å². The molecule has 0 rings (SSSR count). The predicted molar refractivity (Wildman–Crippen MR) is 61.2 cm³/mol. The summed E-state index contributed by atoms with van der Waals surface area (Å²) in [4.78, 5) is 0. The maximum Gasteiger partial charge on any atom is -0.0106 e. The summed E-state index contributed by atoms with van der Waals surface area (Å²) < 4.78 is 0. The molecular formula is C10H26N2. The van der Waals surface area contributed by atoms with Crippen LogP contribution in [0.5, 0.6) is 0 Å². The number of nitrogens with two attached hydrogens (primary N) is 2. The molecule has 0 aromatic heterocycles. The Hall–Kier alpha value is -0.600. The van der Waals surface area contributed by atoms with E-state index < -0.39 is 0 Å². The average Bonchev–Trinajstić information content (AvgIpc) is 2.14. The third-order valence-electron chi connectivity index (χ3n) is 0.471. The maximum absolute atomic E-state index is 4.85. The molecule has 0 aliphatic rings. The van der Waals surface area contributed by atoms with Gasteiger partial charge < -0.3 is 11.5 Å². The number of allylic oxidation sites excluding steroid dienone is 2. The van der Waals surface area contributed by atoms with Crippen LogP contribution in [-0.4, -0.2) is 13.6 Å². The summed E-state index contributed by atoms with van der Waals surface area (Å²) in [5, 5.41) is 0. The molecule has 2 heteroatoms. The van der Waals surface area contributed by atoms with Gasteiger partial charge in [-0.15, -0.1) is 13.2 Å². The number of hydrogen-bond donors (Lipinski definition) is 2. The molecule has 4 N–H and O–H groups in total. The van der Waals surface area contributed by atoms with Gasteiger partial charge in [0.2, 0.25) is 0 Å². The van der Waals surface area contributed by atoms with Crippen molar-refractivity contribution < 1.29 is 0 Å². The van der Waals surface area contributed by atoms with E-state index in [9.17, 15) is 0 Å². The van der Waals surface area contributed by atoms with Crippen LogP contribution in [0.3, 0.4) is 0 Å². The molecule has 0 atom stereocenters. The molecule has 0 saturated carbocycles. The Kier molecular flexibility index (Phi) is 149. The Morgan fingerprint density at radius 3 is 1.42 bits per heavy atom. The summed E-state index contributed by atoms with van der Waals surface area (Å²) in [6.45, 7) is 12.8. The molecule has 12 heavy (non-hydrogen) atoms. The molecular weight excluding hydrogens is 148 g/mol. The van der Waals surface area contributed by atoms with Gasteiger partial charge in [0, 0.05) is 0 Å². The molecule has 76 valence electrons. The molecule has 0 aromatic carbocycles. The van der Waals surface area contributed by atoms with E-state index in [4.69, 9.17) is 5.73 Å². The van der Waals surface area contributed by atoms with Crippen LogP contribution in [0.2, 0.25) is 0 Å². The Morgan fingerprint density at radius 2 is 1.42 bits per heavy atom. The first-order chi connectivity index (χ1) is 5.83. The zero-order valence-electron chi connectivity index (χ0n) is 9.14. The SMILES string of the molecule is C/C=C/CC.C=C.CCN.CN. The van der Waals surface area contributed by atoms with E-state index in [0.29, 0.717) is 0 Å². The Bertz CT molecular complexity index is 51.8. The van der Waals surface area contributed by atoms with Gasteiger partial charge in [-0.25, -0.2) is 0 Å². The molecule has 0 spiro atoms. The van der Waals surface area contributed by atoms with Crippen molar-refractivity contribution in [2.24, 2.45) is 11.5 Å². The Labute approximate surface area is 78.3 Å². The molecule has 0 fully saturated rings. The van der Waals surface area contributed by atoms with E-state index in [2.05, 4.69) is 38.0 Å². The second kappa shape index (κ2) is 79.5. The van der Waals surface area contributed by atoms with Gasteiger partial charge in [-0.1, -0.05) is 26.0 Å². The van der Waals surface area contributed by atoms with Gasteiger partial charge in [-0.2, -0.15) is 0 Å². The number of hydrogen-bond acceptors (Lipinski definition) is 2. The molecule has 0 aliphatic carbocycles. The average molecular weight is 174 g/mol. The fraction of sp³-hybridized carbons (Fsp3) is 0.600. The van der Waals surface area contributed by atoms with Gasteiger partial charge in [0.25, 0.3) is 0 Å². The van der Waals surface area contributed by atoms with E-state index in [0.717, 1.165) is 13.0 Å². The van der Waals surface area contributed by atoms with Crippen molar-refractivity contribution in [1.82, 2.24) is 0 Å². The number of rotatable bonds is 1. The highest BCUT2D eigenvalue weighted by Crippen LogP contribution is 1.73. The molecule has 0 aliphatic heterocycles. The zero-order chi connectivity index (χ0) is 10.8. The molecule has 0 amide bonds. The summed E-state index contributed by atoms with van der Waals surface area (Å²) in [7, 11) is 1.50. The van der Waals surface area contributed by atoms with E-state index >= 15 is 0 Å². The van der Waals surface area contributed by atoms with E-state index in [1.54, 1.807) is 0 Å². The minimum Gasteiger partial charge on any atom is -0.333 e. The quantitative estimate of drug-likeness (QED) is 0.599. The highest BCUT2D eigenvalue weighted by atomic mass is 14.5. The van der Waals surface area contributed by atoms with Gasteiger partial charge in [0.05, 0.1) is 0 Å². The molecule has 0 heterocycles. The molecule has 0 radical (unpaired) electrons. The van der Waals surface area contributed by atoms with Gasteiger partial charge in [-0.3, -0.25) is 0 Å². The molecule has 0 saturated heterocycles. The molecule has 0 unspecified atom stereocenters. The molecule has 0 aromatic rings. The first-order valence-electron chi connectivity index (χ1n) is 4.22. The van der Waals surface area contributed by atoms with Crippen molar-refractivity contribution in [3.8, 4) is 0 Å². The van der Waals surface area contributed by atoms with E-state index in [1.807, 2.05) is 13.8 Å². The lowest BCUT2D eigenvalue weighted by Crippen LogP contribution is -1.87. The summed E-state index contributed by atoms with van der Waals surface area (Å²) in [5.41, 5.74) is 9.35. The summed E-state index contributed by atoms with van der Waals surface area (Å²) >= 11 is 0. The van der Waals surface area contributed by atoms with Gasteiger partial charge in [0.15, 0.2) is 0 Å². The fourth-order valence-corrected chi connectivity index (χ4v) is 0.236. The van der Waals surface area contributed by atoms with Gasteiger partial charge in [0.1, 0.15) is 0 Å². The Balaban J connectivity index is -0.0000000397. The lowest BCUT2D eigenvalue weighted by Gasteiger charge is -1.65. The second-order valence-corrected chi connectivity index (χ2v) is 1.39. The maximum atomic E-state index is 4.85. The van der Waals surface area contributed by atoms with Crippen LogP contribution in [0.15, 0.2) is 25.3 Å². The van der Waals surface area contributed by atoms with Crippen molar-refractivity contribution in [2.45, 2.75) is 27.2 Å². The van der Waals surface area contributed by atoms with Crippen molar-refractivity contribution in [3.63, 3.8) is 0 Å². The van der Waals surface area contributed by atoms with Gasteiger partial charge >= 0.3 is 0 Å². The molecule has 0 bridgehead atoms. The lowest BCUT2D eigenvalue weighted by molar-refractivity contribution is 1.14. The minimum absolute atomic E-state index is 0.750.